The molecule has 0 saturated heterocycles. The van der Waals surface area contributed by atoms with Crippen molar-refractivity contribution in [1.82, 2.24) is 5.43 Å². The number of hydrogen-bond acceptors (Lipinski definition) is 2. The predicted octanol–water partition coefficient (Wildman–Crippen LogP) is 3.75. The molecule has 0 aliphatic heterocycles. The Morgan fingerprint density at radius 3 is 2.19 bits per heavy atom. The second-order valence-corrected chi connectivity index (χ2v) is 5.94. The highest BCUT2D eigenvalue weighted by Crippen LogP contribution is 2.22. The average molecular weight is 280 g/mol. The summed E-state index contributed by atoms with van der Waals surface area (Å²) in [5.41, 5.74) is 5.37. The van der Waals surface area contributed by atoms with Gasteiger partial charge in [-0.1, -0.05) is 63.2 Å². The maximum atomic E-state index is 12.0. The first-order chi connectivity index (χ1) is 9.97. The van der Waals surface area contributed by atoms with Crippen molar-refractivity contribution in [2.45, 2.75) is 26.2 Å². The third-order valence-electron chi connectivity index (χ3n) is 3.19. The molecule has 0 aromatic heterocycles. The van der Waals surface area contributed by atoms with Crippen molar-refractivity contribution >= 4 is 12.1 Å². The van der Waals surface area contributed by atoms with Crippen LogP contribution in [0.4, 0.5) is 0 Å². The van der Waals surface area contributed by atoms with Crippen LogP contribution in [-0.4, -0.2) is 12.1 Å². The topological polar surface area (TPSA) is 41.5 Å². The van der Waals surface area contributed by atoms with Crippen LogP contribution < -0.4 is 5.43 Å². The van der Waals surface area contributed by atoms with Gasteiger partial charge in [0.1, 0.15) is 0 Å². The van der Waals surface area contributed by atoms with E-state index in [1.807, 2.05) is 54.6 Å². The van der Waals surface area contributed by atoms with Gasteiger partial charge in [0.25, 0.3) is 5.91 Å². The van der Waals surface area contributed by atoms with Crippen LogP contribution in [0, 0.1) is 0 Å². The number of benzene rings is 2. The van der Waals surface area contributed by atoms with Crippen LogP contribution in [-0.2, 0) is 5.41 Å². The van der Waals surface area contributed by atoms with Crippen molar-refractivity contribution < 1.29 is 4.79 Å². The van der Waals surface area contributed by atoms with E-state index in [2.05, 4.69) is 31.3 Å². The van der Waals surface area contributed by atoms with Gasteiger partial charge in [-0.15, -0.1) is 0 Å². The molecular formula is C18H20N2O. The van der Waals surface area contributed by atoms with E-state index >= 15 is 0 Å². The number of hydrogen-bond donors (Lipinski definition) is 1. The van der Waals surface area contributed by atoms with Gasteiger partial charge in [-0.25, -0.2) is 5.43 Å². The summed E-state index contributed by atoms with van der Waals surface area (Å²) in [4.78, 5) is 12.0. The Hall–Kier alpha value is -2.42. The van der Waals surface area contributed by atoms with Gasteiger partial charge >= 0.3 is 0 Å². The third-order valence-corrected chi connectivity index (χ3v) is 3.19. The minimum Gasteiger partial charge on any atom is -0.267 e. The molecule has 0 fully saturated rings. The van der Waals surface area contributed by atoms with E-state index in [0.29, 0.717) is 5.56 Å². The number of nitrogens with zero attached hydrogens (tertiary/aromatic N) is 1. The SMILES string of the molecule is CC(C)(C)c1ccc(C(=O)N/N=C\c2ccccc2)cc1. The Morgan fingerprint density at radius 1 is 1.00 bits per heavy atom. The number of nitrogens with one attached hydrogen (secondary N) is 1. The summed E-state index contributed by atoms with van der Waals surface area (Å²) < 4.78 is 0. The van der Waals surface area contributed by atoms with Gasteiger partial charge in [-0.2, -0.15) is 5.10 Å². The van der Waals surface area contributed by atoms with Crippen molar-refractivity contribution in [2.24, 2.45) is 5.10 Å². The molecule has 0 bridgehead atoms. The molecule has 1 amide bonds. The van der Waals surface area contributed by atoms with Crippen LogP contribution >= 0.6 is 0 Å². The summed E-state index contributed by atoms with van der Waals surface area (Å²) in [5, 5.41) is 3.96. The monoisotopic (exact) mass is 280 g/mol. The maximum absolute atomic E-state index is 12.0. The molecule has 21 heavy (non-hydrogen) atoms. The Kier molecular flexibility index (Phi) is 4.53. The molecule has 108 valence electrons. The molecule has 0 aliphatic carbocycles. The number of hydrazone groups is 1. The maximum Gasteiger partial charge on any atom is 0.271 e. The minimum absolute atomic E-state index is 0.0838. The normalized spacial score (nSPS) is 11.6. The fraction of sp³-hybridized carbons (Fsp3) is 0.222. The van der Waals surface area contributed by atoms with Gasteiger partial charge in [0, 0.05) is 5.56 Å². The van der Waals surface area contributed by atoms with Gasteiger partial charge in [0.15, 0.2) is 0 Å². The molecule has 0 spiro atoms. The summed E-state index contributed by atoms with van der Waals surface area (Å²) in [5.74, 6) is -0.206. The largest absolute Gasteiger partial charge is 0.271 e. The zero-order chi connectivity index (χ0) is 15.3. The lowest BCUT2D eigenvalue weighted by molar-refractivity contribution is 0.0955. The zero-order valence-corrected chi connectivity index (χ0v) is 12.6. The van der Waals surface area contributed by atoms with E-state index in [-0.39, 0.29) is 11.3 Å². The second kappa shape index (κ2) is 6.35. The molecule has 3 nitrogen and oxygen atoms in total. The van der Waals surface area contributed by atoms with Crippen molar-refractivity contribution in [3.63, 3.8) is 0 Å². The predicted molar refractivity (Wildman–Crippen MR) is 86.6 cm³/mol. The first-order valence-corrected chi connectivity index (χ1v) is 6.96. The Bertz CT molecular complexity index is 623. The van der Waals surface area contributed by atoms with Gasteiger partial charge in [-0.05, 0) is 28.7 Å². The Labute approximate surface area is 125 Å². The van der Waals surface area contributed by atoms with E-state index in [9.17, 15) is 4.79 Å². The Morgan fingerprint density at radius 2 is 1.62 bits per heavy atom. The van der Waals surface area contributed by atoms with Crippen molar-refractivity contribution in [3.8, 4) is 0 Å². The molecule has 2 aromatic rings. The van der Waals surface area contributed by atoms with Crippen molar-refractivity contribution in [2.75, 3.05) is 0 Å². The molecule has 2 aromatic carbocycles. The van der Waals surface area contributed by atoms with E-state index in [1.54, 1.807) is 6.21 Å². The highest BCUT2D eigenvalue weighted by atomic mass is 16.2. The van der Waals surface area contributed by atoms with Crippen LogP contribution in [0.5, 0.6) is 0 Å². The smallest absolute Gasteiger partial charge is 0.267 e. The van der Waals surface area contributed by atoms with E-state index in [4.69, 9.17) is 0 Å². The quantitative estimate of drug-likeness (QED) is 0.675. The van der Waals surface area contributed by atoms with Crippen molar-refractivity contribution in [3.05, 3.63) is 71.3 Å². The lowest BCUT2D eigenvalue weighted by Gasteiger charge is -2.18. The fourth-order valence-corrected chi connectivity index (χ4v) is 1.89. The average Bonchev–Trinajstić information content (AvgIpc) is 2.47. The minimum atomic E-state index is -0.206. The second-order valence-electron chi connectivity index (χ2n) is 5.94. The van der Waals surface area contributed by atoms with E-state index < -0.39 is 0 Å². The number of carbonyl (C=O) groups excluding carboxylic acids is 1. The summed E-state index contributed by atoms with van der Waals surface area (Å²) in [6.45, 7) is 6.44. The summed E-state index contributed by atoms with van der Waals surface area (Å²) in [7, 11) is 0. The third kappa shape index (κ3) is 4.28. The highest BCUT2D eigenvalue weighted by Gasteiger charge is 2.13. The van der Waals surface area contributed by atoms with Crippen LogP contribution in [0.2, 0.25) is 0 Å². The van der Waals surface area contributed by atoms with Gasteiger partial charge in [0.2, 0.25) is 0 Å². The van der Waals surface area contributed by atoms with Gasteiger partial charge < -0.3 is 0 Å². The van der Waals surface area contributed by atoms with Crippen LogP contribution in [0.15, 0.2) is 59.7 Å². The van der Waals surface area contributed by atoms with Crippen LogP contribution in [0.3, 0.4) is 0 Å². The lowest BCUT2D eigenvalue weighted by Crippen LogP contribution is -2.18. The molecule has 0 aliphatic rings. The summed E-state index contributed by atoms with van der Waals surface area (Å²) in [6.07, 6.45) is 1.63. The molecule has 0 saturated carbocycles. The summed E-state index contributed by atoms with van der Waals surface area (Å²) in [6, 6.07) is 17.3. The number of amides is 1. The molecule has 0 atom stereocenters. The lowest BCUT2D eigenvalue weighted by atomic mass is 9.87. The highest BCUT2D eigenvalue weighted by molar-refractivity contribution is 5.94. The zero-order valence-electron chi connectivity index (χ0n) is 12.6. The van der Waals surface area contributed by atoms with Gasteiger partial charge in [-0.3, -0.25) is 4.79 Å². The Balaban J connectivity index is 1.99. The van der Waals surface area contributed by atoms with Crippen LogP contribution in [0.1, 0.15) is 42.3 Å². The number of rotatable bonds is 3. The van der Waals surface area contributed by atoms with Crippen molar-refractivity contribution in [1.29, 1.82) is 0 Å². The molecule has 1 N–H and O–H groups in total. The first kappa shape index (κ1) is 15.0. The molecule has 3 heteroatoms. The molecule has 0 unspecified atom stereocenters. The molecule has 0 heterocycles. The number of carbonyl (C=O) groups is 1. The van der Waals surface area contributed by atoms with Gasteiger partial charge in [0.05, 0.1) is 6.21 Å². The molecular weight excluding hydrogens is 260 g/mol. The van der Waals surface area contributed by atoms with Crippen LogP contribution in [0.25, 0.3) is 0 Å². The standard InChI is InChI=1S/C18H20N2O/c1-18(2,3)16-11-9-15(10-12-16)17(21)20-19-13-14-7-5-4-6-8-14/h4-13H,1-3H3,(H,20,21)/b19-13-. The van der Waals surface area contributed by atoms with E-state index in [1.165, 1.54) is 5.56 Å². The summed E-state index contributed by atoms with van der Waals surface area (Å²) >= 11 is 0. The molecule has 0 radical (unpaired) electrons. The first-order valence-electron chi connectivity index (χ1n) is 6.96. The van der Waals surface area contributed by atoms with E-state index in [0.717, 1.165) is 5.56 Å². The molecule has 2 rings (SSSR count). The fourth-order valence-electron chi connectivity index (χ4n) is 1.89.